The number of nitrogens with one attached hydrogen (secondary N) is 1. The summed E-state index contributed by atoms with van der Waals surface area (Å²) < 4.78 is 7.77. The molecule has 0 atom stereocenters. The quantitative estimate of drug-likeness (QED) is 0.322. The molecule has 2 heterocycles. The van der Waals surface area contributed by atoms with Gasteiger partial charge in [-0.15, -0.1) is 0 Å². The average Bonchev–Trinajstić information content (AvgIpc) is 3.01. The maximum absolute atomic E-state index is 9.47. The predicted molar refractivity (Wildman–Crippen MR) is 105 cm³/mol. The average molecular weight is 367 g/mol. The number of fused-ring (bicyclic) bond motifs is 1. The van der Waals surface area contributed by atoms with Crippen LogP contribution in [-0.4, -0.2) is 32.1 Å². The number of pyridine rings is 1. The van der Waals surface area contributed by atoms with Gasteiger partial charge >= 0.3 is 0 Å². The number of aliphatic hydroxyl groups excluding tert-OH is 1. The summed E-state index contributed by atoms with van der Waals surface area (Å²) >= 11 is 0. The molecule has 0 amide bonds. The molecule has 27 heavy (non-hydrogen) atoms. The molecule has 0 aliphatic heterocycles. The number of nitrogen functional groups attached to an aromatic ring is 1. The number of aliphatic hydroxyl groups is 1. The van der Waals surface area contributed by atoms with E-state index in [0.717, 1.165) is 46.6 Å². The predicted octanol–water partition coefficient (Wildman–Crippen LogP) is 2.74. The highest BCUT2D eigenvalue weighted by molar-refractivity contribution is 5.95. The third kappa shape index (κ3) is 4.09. The number of nitrogens with zero attached hydrogens (tertiary/aromatic N) is 3. The Morgan fingerprint density at radius 3 is 2.78 bits per heavy atom. The first-order chi connectivity index (χ1) is 13.0. The molecule has 2 aromatic heterocycles. The van der Waals surface area contributed by atoms with E-state index in [1.807, 2.05) is 41.8 Å². The van der Waals surface area contributed by atoms with Crippen molar-refractivity contribution in [3.8, 4) is 5.75 Å². The summed E-state index contributed by atoms with van der Waals surface area (Å²) in [4.78, 5) is 9.12. The standard InChI is InChI=1S/C20H25N5O2/c1-3-4-9-27-18-8-5-13(2)23-16(18)11-25-17-10-14(12-26)6-7-15(17)24-20(25)19(21)22/h5-8,10,26H,3-4,9,11-12H2,1-2H3,(H3,21,22). The number of ether oxygens (including phenoxy) is 1. The largest absolute Gasteiger partial charge is 0.492 e. The molecule has 0 spiro atoms. The highest BCUT2D eigenvalue weighted by Crippen LogP contribution is 2.24. The summed E-state index contributed by atoms with van der Waals surface area (Å²) in [7, 11) is 0. The Balaban J connectivity index is 2.06. The lowest BCUT2D eigenvalue weighted by Gasteiger charge is -2.14. The van der Waals surface area contributed by atoms with Crippen LogP contribution in [0, 0.1) is 12.3 Å². The second kappa shape index (κ2) is 8.18. The zero-order valence-corrected chi connectivity index (χ0v) is 15.7. The molecular formula is C20H25N5O2. The summed E-state index contributed by atoms with van der Waals surface area (Å²) in [5, 5.41) is 17.4. The SMILES string of the molecule is CCCCOc1ccc(C)nc1Cn1c(C(=N)N)nc2ccc(CO)cc21. The fraction of sp³-hybridized carbons (Fsp3) is 0.350. The molecule has 7 nitrogen and oxygen atoms in total. The number of rotatable bonds is 8. The van der Waals surface area contributed by atoms with Gasteiger partial charge in [0.2, 0.25) is 0 Å². The first kappa shape index (κ1) is 18.8. The van der Waals surface area contributed by atoms with Crippen molar-refractivity contribution < 1.29 is 9.84 Å². The van der Waals surface area contributed by atoms with Crippen LogP contribution in [0.4, 0.5) is 0 Å². The highest BCUT2D eigenvalue weighted by Gasteiger charge is 2.16. The van der Waals surface area contributed by atoms with E-state index in [1.165, 1.54) is 0 Å². The number of unbranched alkanes of at least 4 members (excludes halogenated alkanes) is 1. The second-order valence-electron chi connectivity index (χ2n) is 6.52. The van der Waals surface area contributed by atoms with E-state index < -0.39 is 0 Å². The molecule has 142 valence electrons. The van der Waals surface area contributed by atoms with Crippen molar-refractivity contribution in [2.24, 2.45) is 5.73 Å². The number of imidazole rings is 1. The number of aryl methyl sites for hydroxylation is 1. The maximum Gasteiger partial charge on any atom is 0.176 e. The first-order valence-electron chi connectivity index (χ1n) is 9.07. The molecule has 0 aliphatic carbocycles. The van der Waals surface area contributed by atoms with E-state index in [2.05, 4.69) is 16.9 Å². The van der Waals surface area contributed by atoms with Crippen molar-refractivity contribution in [1.29, 1.82) is 5.41 Å². The van der Waals surface area contributed by atoms with Gasteiger partial charge in [-0.2, -0.15) is 0 Å². The van der Waals surface area contributed by atoms with Crippen LogP contribution in [0.25, 0.3) is 11.0 Å². The lowest BCUT2D eigenvalue weighted by Crippen LogP contribution is -2.19. The normalized spacial score (nSPS) is 11.1. The Hall–Kier alpha value is -2.93. The van der Waals surface area contributed by atoms with E-state index in [1.54, 1.807) is 0 Å². The number of aromatic nitrogens is 3. The maximum atomic E-state index is 9.47. The van der Waals surface area contributed by atoms with Gasteiger partial charge in [0.15, 0.2) is 11.7 Å². The third-order valence-electron chi connectivity index (χ3n) is 4.37. The number of hydrogen-bond donors (Lipinski definition) is 3. The number of nitrogens with two attached hydrogens (primary N) is 1. The molecule has 4 N–H and O–H groups in total. The van der Waals surface area contributed by atoms with Crippen LogP contribution in [0.1, 0.15) is 42.5 Å². The van der Waals surface area contributed by atoms with Gasteiger partial charge in [-0.25, -0.2) is 4.98 Å². The number of amidine groups is 1. The van der Waals surface area contributed by atoms with Gasteiger partial charge in [-0.05, 0) is 43.2 Å². The summed E-state index contributed by atoms with van der Waals surface area (Å²) in [6, 6.07) is 9.35. The summed E-state index contributed by atoms with van der Waals surface area (Å²) in [5.74, 6) is 0.990. The smallest absolute Gasteiger partial charge is 0.176 e. The topological polar surface area (TPSA) is 110 Å². The van der Waals surface area contributed by atoms with Gasteiger partial charge in [-0.1, -0.05) is 19.4 Å². The molecule has 0 unspecified atom stereocenters. The monoisotopic (exact) mass is 367 g/mol. The van der Waals surface area contributed by atoms with Crippen LogP contribution < -0.4 is 10.5 Å². The molecule has 0 radical (unpaired) electrons. The van der Waals surface area contributed by atoms with E-state index in [-0.39, 0.29) is 12.4 Å². The van der Waals surface area contributed by atoms with Crippen molar-refractivity contribution >= 4 is 16.9 Å². The van der Waals surface area contributed by atoms with E-state index in [4.69, 9.17) is 15.9 Å². The van der Waals surface area contributed by atoms with Crippen molar-refractivity contribution in [3.63, 3.8) is 0 Å². The van der Waals surface area contributed by atoms with Crippen LogP contribution in [0.15, 0.2) is 30.3 Å². The Morgan fingerprint density at radius 1 is 1.26 bits per heavy atom. The summed E-state index contributed by atoms with van der Waals surface area (Å²) in [6.45, 7) is 5.00. The van der Waals surface area contributed by atoms with Crippen molar-refractivity contribution in [1.82, 2.24) is 14.5 Å². The Bertz CT molecular complexity index is 964. The molecule has 0 saturated carbocycles. The second-order valence-corrected chi connectivity index (χ2v) is 6.52. The minimum atomic E-state index is -0.113. The molecular weight excluding hydrogens is 342 g/mol. The molecule has 0 saturated heterocycles. The zero-order chi connectivity index (χ0) is 19.4. The fourth-order valence-electron chi connectivity index (χ4n) is 2.95. The Kier molecular flexibility index (Phi) is 5.71. The molecule has 0 aliphatic rings. The van der Waals surface area contributed by atoms with Crippen molar-refractivity contribution in [3.05, 3.63) is 53.1 Å². The van der Waals surface area contributed by atoms with E-state index in [0.29, 0.717) is 19.0 Å². The van der Waals surface area contributed by atoms with Crippen LogP contribution in [0.2, 0.25) is 0 Å². The van der Waals surface area contributed by atoms with E-state index >= 15 is 0 Å². The van der Waals surface area contributed by atoms with Crippen LogP contribution in [-0.2, 0) is 13.2 Å². The van der Waals surface area contributed by atoms with Crippen LogP contribution >= 0.6 is 0 Å². The van der Waals surface area contributed by atoms with Gasteiger partial charge in [0.25, 0.3) is 0 Å². The first-order valence-corrected chi connectivity index (χ1v) is 9.07. The summed E-state index contributed by atoms with van der Waals surface area (Å²) in [5.41, 5.74) is 9.72. The van der Waals surface area contributed by atoms with Crippen molar-refractivity contribution in [2.45, 2.75) is 39.8 Å². The molecule has 3 rings (SSSR count). The van der Waals surface area contributed by atoms with Gasteiger partial charge in [-0.3, -0.25) is 10.4 Å². The fourth-order valence-corrected chi connectivity index (χ4v) is 2.95. The Morgan fingerprint density at radius 2 is 2.07 bits per heavy atom. The third-order valence-corrected chi connectivity index (χ3v) is 4.37. The molecule has 1 aromatic carbocycles. The summed E-state index contributed by atoms with van der Waals surface area (Å²) in [6.07, 6.45) is 2.03. The highest BCUT2D eigenvalue weighted by atomic mass is 16.5. The van der Waals surface area contributed by atoms with Crippen LogP contribution in [0.5, 0.6) is 5.75 Å². The van der Waals surface area contributed by atoms with Crippen molar-refractivity contribution in [2.75, 3.05) is 6.61 Å². The lowest BCUT2D eigenvalue weighted by atomic mass is 10.2. The molecule has 0 bridgehead atoms. The van der Waals surface area contributed by atoms with E-state index in [9.17, 15) is 5.11 Å². The number of benzene rings is 1. The minimum absolute atomic E-state index is 0.0649. The van der Waals surface area contributed by atoms with Gasteiger partial charge in [0, 0.05) is 5.69 Å². The van der Waals surface area contributed by atoms with Gasteiger partial charge < -0.3 is 20.1 Å². The molecule has 3 aromatic rings. The molecule has 0 fully saturated rings. The lowest BCUT2D eigenvalue weighted by molar-refractivity contribution is 0.282. The molecule has 7 heteroatoms. The Labute approximate surface area is 158 Å². The minimum Gasteiger partial charge on any atom is -0.492 e. The number of hydrogen-bond acceptors (Lipinski definition) is 5. The van der Waals surface area contributed by atoms with Gasteiger partial charge in [0.05, 0.1) is 30.8 Å². The van der Waals surface area contributed by atoms with Crippen LogP contribution in [0.3, 0.4) is 0 Å². The van der Waals surface area contributed by atoms with Gasteiger partial charge in [0.1, 0.15) is 11.4 Å². The zero-order valence-electron chi connectivity index (χ0n) is 15.7.